The molecule has 0 rings (SSSR count). The van der Waals surface area contributed by atoms with Gasteiger partial charge in [0.2, 0.25) is 0 Å². The fourth-order valence-electron chi connectivity index (χ4n) is 0.692. The van der Waals surface area contributed by atoms with Gasteiger partial charge in [-0.1, -0.05) is 13.8 Å². The van der Waals surface area contributed by atoms with E-state index in [1.54, 1.807) is 13.8 Å². The Morgan fingerprint density at radius 3 is 2.17 bits per heavy atom. The third-order valence-corrected chi connectivity index (χ3v) is 1.80. The molecule has 0 unspecified atom stereocenters. The molecule has 0 aromatic heterocycles. The monoisotopic (exact) mass is 174 g/mol. The third kappa shape index (κ3) is 2.90. The van der Waals surface area contributed by atoms with Crippen LogP contribution in [0.4, 0.5) is 0 Å². The van der Waals surface area contributed by atoms with Crippen LogP contribution in [0.1, 0.15) is 20.8 Å². The molecule has 2 atom stereocenters. The summed E-state index contributed by atoms with van der Waals surface area (Å²) in [5, 5.41) is 8.56. The molecule has 0 amide bonds. The van der Waals surface area contributed by atoms with E-state index in [1.807, 2.05) is 0 Å². The van der Waals surface area contributed by atoms with Crippen molar-refractivity contribution in [1.29, 1.82) is 0 Å². The molecule has 0 saturated heterocycles. The highest BCUT2D eigenvalue weighted by Gasteiger charge is 2.26. The number of carbonyl (C=O) groups is 2. The Balaban J connectivity index is 4.09. The van der Waals surface area contributed by atoms with Gasteiger partial charge in [0.25, 0.3) is 0 Å². The van der Waals surface area contributed by atoms with Crippen LogP contribution in [0.15, 0.2) is 0 Å². The van der Waals surface area contributed by atoms with Gasteiger partial charge in [-0.15, -0.1) is 0 Å². The van der Waals surface area contributed by atoms with Gasteiger partial charge in [0, 0.05) is 0 Å². The quantitative estimate of drug-likeness (QED) is 0.643. The number of ether oxygens (including phenoxy) is 1. The molecule has 4 nitrogen and oxygen atoms in total. The van der Waals surface area contributed by atoms with E-state index in [1.165, 1.54) is 6.92 Å². The molecule has 0 heterocycles. The summed E-state index contributed by atoms with van der Waals surface area (Å²) < 4.78 is 4.67. The van der Waals surface area contributed by atoms with Gasteiger partial charge in [0.1, 0.15) is 0 Å². The average molecular weight is 174 g/mol. The van der Waals surface area contributed by atoms with Crippen molar-refractivity contribution < 1.29 is 19.4 Å². The lowest BCUT2D eigenvalue weighted by Gasteiger charge is -2.13. The van der Waals surface area contributed by atoms with Crippen LogP contribution >= 0.6 is 0 Å². The molecule has 0 saturated carbocycles. The van der Waals surface area contributed by atoms with E-state index in [-0.39, 0.29) is 6.61 Å². The highest BCUT2D eigenvalue weighted by atomic mass is 16.5. The van der Waals surface area contributed by atoms with Crippen molar-refractivity contribution in [1.82, 2.24) is 0 Å². The summed E-state index contributed by atoms with van der Waals surface area (Å²) in [5.74, 6) is -2.70. The Morgan fingerprint density at radius 1 is 1.33 bits per heavy atom. The second-order valence-corrected chi connectivity index (χ2v) is 2.67. The molecule has 0 bridgehead atoms. The summed E-state index contributed by atoms with van der Waals surface area (Å²) >= 11 is 0. The van der Waals surface area contributed by atoms with Crippen LogP contribution < -0.4 is 0 Å². The summed E-state index contributed by atoms with van der Waals surface area (Å²) in [6, 6.07) is 0. The lowest BCUT2D eigenvalue weighted by molar-refractivity contribution is -0.156. The lowest BCUT2D eigenvalue weighted by atomic mass is 9.96. The third-order valence-electron chi connectivity index (χ3n) is 1.80. The van der Waals surface area contributed by atoms with Crippen molar-refractivity contribution in [2.45, 2.75) is 20.8 Å². The molecule has 0 spiro atoms. The molecule has 0 radical (unpaired) electrons. The molecule has 1 N–H and O–H groups in total. The summed E-state index contributed by atoms with van der Waals surface area (Å²) in [7, 11) is 0. The Labute approximate surface area is 71.5 Å². The Bertz CT molecular complexity index is 176. The van der Waals surface area contributed by atoms with Gasteiger partial charge in [0.15, 0.2) is 0 Å². The smallest absolute Gasteiger partial charge is 0.309 e. The number of carbonyl (C=O) groups excluding carboxylic acids is 1. The number of carboxylic acid groups (broad SMARTS) is 1. The van der Waals surface area contributed by atoms with Crippen molar-refractivity contribution in [2.24, 2.45) is 11.8 Å². The van der Waals surface area contributed by atoms with E-state index in [0.29, 0.717) is 0 Å². The van der Waals surface area contributed by atoms with Gasteiger partial charge < -0.3 is 9.84 Å². The predicted octanol–water partition coefficient (Wildman–Crippen LogP) is 0.906. The number of rotatable bonds is 4. The maximum absolute atomic E-state index is 11.0. The van der Waals surface area contributed by atoms with Crippen LogP contribution in [0.5, 0.6) is 0 Å². The molecule has 0 aliphatic rings. The average Bonchev–Trinajstić information content (AvgIpc) is 2.02. The fourth-order valence-corrected chi connectivity index (χ4v) is 0.692. The molecule has 70 valence electrons. The first-order chi connectivity index (χ1) is 5.50. The van der Waals surface area contributed by atoms with Crippen LogP contribution in [0.3, 0.4) is 0 Å². The highest BCUT2D eigenvalue weighted by molar-refractivity contribution is 5.80. The molecular formula is C8H14O4. The first-order valence-electron chi connectivity index (χ1n) is 3.90. The summed E-state index contributed by atoms with van der Waals surface area (Å²) in [4.78, 5) is 21.4. The van der Waals surface area contributed by atoms with Crippen LogP contribution in [-0.4, -0.2) is 23.7 Å². The number of carboxylic acids is 1. The molecule has 0 aromatic rings. The second kappa shape index (κ2) is 4.74. The van der Waals surface area contributed by atoms with Crippen molar-refractivity contribution >= 4 is 11.9 Å². The Morgan fingerprint density at radius 2 is 1.83 bits per heavy atom. The van der Waals surface area contributed by atoms with Gasteiger partial charge in [-0.3, -0.25) is 9.59 Å². The zero-order chi connectivity index (χ0) is 9.72. The van der Waals surface area contributed by atoms with Crippen LogP contribution in [0.25, 0.3) is 0 Å². The van der Waals surface area contributed by atoms with Crippen LogP contribution in [-0.2, 0) is 14.3 Å². The summed E-state index contributed by atoms with van der Waals surface area (Å²) in [5.41, 5.74) is 0. The predicted molar refractivity (Wildman–Crippen MR) is 42.6 cm³/mol. The van der Waals surface area contributed by atoms with Crippen LogP contribution in [0, 0.1) is 11.8 Å². The normalized spacial score (nSPS) is 14.9. The van der Waals surface area contributed by atoms with Crippen molar-refractivity contribution in [3.05, 3.63) is 0 Å². The minimum atomic E-state index is -0.976. The number of hydrogen-bond donors (Lipinski definition) is 1. The van der Waals surface area contributed by atoms with Crippen molar-refractivity contribution in [3.63, 3.8) is 0 Å². The van der Waals surface area contributed by atoms with Gasteiger partial charge >= 0.3 is 11.9 Å². The molecule has 0 fully saturated rings. The van der Waals surface area contributed by atoms with Gasteiger partial charge in [0.05, 0.1) is 18.4 Å². The van der Waals surface area contributed by atoms with Gasteiger partial charge in [-0.05, 0) is 6.92 Å². The molecular weight excluding hydrogens is 160 g/mol. The molecule has 0 aliphatic carbocycles. The number of aliphatic carboxylic acids is 1. The molecule has 0 aromatic carbocycles. The standard InChI is InChI=1S/C8H14O4/c1-4-12-8(11)6(3)5(2)7(9)10/h5-6H,4H2,1-3H3,(H,9,10)/t5-,6+/m0/s1. The number of esters is 1. The van der Waals surface area contributed by atoms with Crippen molar-refractivity contribution in [3.8, 4) is 0 Å². The largest absolute Gasteiger partial charge is 0.481 e. The van der Waals surface area contributed by atoms with E-state index >= 15 is 0 Å². The molecule has 4 heteroatoms. The first kappa shape index (κ1) is 10.9. The molecule has 12 heavy (non-hydrogen) atoms. The topological polar surface area (TPSA) is 63.6 Å². The van der Waals surface area contributed by atoms with Gasteiger partial charge in [-0.2, -0.15) is 0 Å². The van der Waals surface area contributed by atoms with Crippen molar-refractivity contribution in [2.75, 3.05) is 6.61 Å². The van der Waals surface area contributed by atoms with E-state index in [2.05, 4.69) is 4.74 Å². The zero-order valence-electron chi connectivity index (χ0n) is 7.53. The van der Waals surface area contributed by atoms with E-state index in [0.717, 1.165) is 0 Å². The highest BCUT2D eigenvalue weighted by Crippen LogP contribution is 2.12. The van der Waals surface area contributed by atoms with Gasteiger partial charge in [-0.25, -0.2) is 0 Å². The molecule has 0 aliphatic heterocycles. The maximum Gasteiger partial charge on any atom is 0.309 e. The summed E-state index contributed by atoms with van der Waals surface area (Å²) in [6.07, 6.45) is 0. The SMILES string of the molecule is CCOC(=O)[C@H](C)[C@H](C)C(=O)O. The summed E-state index contributed by atoms with van der Waals surface area (Å²) in [6.45, 7) is 5.02. The minimum Gasteiger partial charge on any atom is -0.481 e. The van der Waals surface area contributed by atoms with E-state index in [4.69, 9.17) is 5.11 Å². The second-order valence-electron chi connectivity index (χ2n) is 2.67. The number of hydrogen-bond acceptors (Lipinski definition) is 3. The Kier molecular flexibility index (Phi) is 4.33. The van der Waals surface area contributed by atoms with Crippen LogP contribution in [0.2, 0.25) is 0 Å². The van der Waals surface area contributed by atoms with E-state index < -0.39 is 23.8 Å². The first-order valence-corrected chi connectivity index (χ1v) is 3.90. The van der Waals surface area contributed by atoms with E-state index in [9.17, 15) is 9.59 Å². The maximum atomic E-state index is 11.0. The zero-order valence-corrected chi connectivity index (χ0v) is 7.53. The Hall–Kier alpha value is -1.06. The lowest BCUT2D eigenvalue weighted by Crippen LogP contribution is -2.26. The fraction of sp³-hybridized carbons (Fsp3) is 0.750. The minimum absolute atomic E-state index is 0.287.